The third kappa shape index (κ3) is 4.01. The first-order valence-electron chi connectivity index (χ1n) is 9.37. The molecule has 10 nitrogen and oxygen atoms in total. The summed E-state index contributed by atoms with van der Waals surface area (Å²) in [5.74, 6) is 0.101. The van der Waals surface area contributed by atoms with Gasteiger partial charge in [-0.15, -0.1) is 4.40 Å². The highest BCUT2D eigenvalue weighted by molar-refractivity contribution is 7.90. The van der Waals surface area contributed by atoms with Gasteiger partial charge in [0.2, 0.25) is 11.7 Å². The van der Waals surface area contributed by atoms with E-state index in [2.05, 4.69) is 24.8 Å². The topological polar surface area (TPSA) is 131 Å². The standard InChI is InChI=1S/C19H20N6O4S/c1-12(2)15(19-22-16(23-29-19)13-5-3-7-20-11-13)21-18(26)14-6-4-8-25-9-10-30(27,28)24-17(14)25/h3-8,11-12,15H,9-10H2,1-2H3,(H,21,26). The molecule has 0 saturated carbocycles. The van der Waals surface area contributed by atoms with Crippen molar-refractivity contribution < 1.29 is 17.7 Å². The summed E-state index contributed by atoms with van der Waals surface area (Å²) >= 11 is 0. The van der Waals surface area contributed by atoms with E-state index in [9.17, 15) is 13.2 Å². The van der Waals surface area contributed by atoms with Crippen LogP contribution in [-0.2, 0) is 14.8 Å². The van der Waals surface area contributed by atoms with Crippen molar-refractivity contribution in [3.05, 3.63) is 54.3 Å². The number of nitrogens with one attached hydrogen (secondary N) is 1. The first-order chi connectivity index (χ1) is 14.3. The second kappa shape index (κ2) is 7.82. The van der Waals surface area contributed by atoms with Crippen LogP contribution in [0.3, 0.4) is 0 Å². The number of amidine groups is 1. The van der Waals surface area contributed by atoms with Gasteiger partial charge in [0.05, 0.1) is 11.3 Å². The van der Waals surface area contributed by atoms with Crippen LogP contribution in [0.5, 0.6) is 0 Å². The van der Waals surface area contributed by atoms with Gasteiger partial charge in [0.25, 0.3) is 15.9 Å². The second-order valence-corrected chi connectivity index (χ2v) is 8.96. The Morgan fingerprint density at radius 2 is 2.17 bits per heavy atom. The van der Waals surface area contributed by atoms with E-state index in [0.717, 1.165) is 0 Å². The Labute approximate surface area is 173 Å². The Hall–Kier alpha value is -3.34. The van der Waals surface area contributed by atoms with E-state index in [-0.39, 0.29) is 35.5 Å². The summed E-state index contributed by atoms with van der Waals surface area (Å²) in [4.78, 5) is 23.1. The normalized spacial score (nSPS) is 18.4. The molecule has 2 aromatic heterocycles. The third-order valence-electron chi connectivity index (χ3n) is 4.68. The smallest absolute Gasteiger partial charge is 0.256 e. The summed E-state index contributed by atoms with van der Waals surface area (Å²) < 4.78 is 33.0. The number of pyridine rings is 1. The quantitative estimate of drug-likeness (QED) is 0.757. The van der Waals surface area contributed by atoms with Gasteiger partial charge in [-0.3, -0.25) is 9.78 Å². The Morgan fingerprint density at radius 1 is 1.33 bits per heavy atom. The lowest BCUT2D eigenvalue weighted by molar-refractivity contribution is -0.118. The van der Waals surface area contributed by atoms with Crippen LogP contribution in [0.4, 0.5) is 0 Å². The molecule has 2 aromatic rings. The van der Waals surface area contributed by atoms with Gasteiger partial charge in [-0.1, -0.05) is 19.0 Å². The zero-order valence-electron chi connectivity index (χ0n) is 16.4. The zero-order chi connectivity index (χ0) is 21.3. The maximum atomic E-state index is 13.0. The largest absolute Gasteiger partial charge is 0.340 e. The third-order valence-corrected chi connectivity index (χ3v) is 5.83. The molecule has 156 valence electrons. The van der Waals surface area contributed by atoms with Gasteiger partial charge in [-0.25, -0.2) is 8.42 Å². The number of aromatic nitrogens is 3. The molecule has 4 heterocycles. The minimum absolute atomic E-state index is 0.0657. The van der Waals surface area contributed by atoms with Crippen molar-refractivity contribution in [3.8, 4) is 11.4 Å². The number of allylic oxidation sites excluding steroid dienone is 2. The molecule has 2 aliphatic heterocycles. The number of amides is 1. The minimum Gasteiger partial charge on any atom is -0.340 e. The van der Waals surface area contributed by atoms with Gasteiger partial charge in [-0.2, -0.15) is 4.98 Å². The lowest BCUT2D eigenvalue weighted by Crippen LogP contribution is -2.43. The molecule has 0 saturated heterocycles. The predicted octanol–water partition coefficient (Wildman–Crippen LogP) is 1.44. The van der Waals surface area contributed by atoms with Gasteiger partial charge in [0.1, 0.15) is 6.04 Å². The van der Waals surface area contributed by atoms with E-state index >= 15 is 0 Å². The van der Waals surface area contributed by atoms with Gasteiger partial charge in [0.15, 0.2) is 5.84 Å². The molecule has 4 rings (SSSR count). The fourth-order valence-corrected chi connectivity index (χ4v) is 4.09. The van der Waals surface area contributed by atoms with E-state index in [0.29, 0.717) is 11.4 Å². The van der Waals surface area contributed by atoms with Crippen LogP contribution in [0, 0.1) is 5.92 Å². The van der Waals surface area contributed by atoms with Crippen molar-refractivity contribution in [2.24, 2.45) is 10.3 Å². The van der Waals surface area contributed by atoms with Gasteiger partial charge in [0, 0.05) is 30.7 Å². The highest BCUT2D eigenvalue weighted by Gasteiger charge is 2.32. The molecule has 2 aliphatic rings. The Bertz CT molecular complexity index is 1150. The van der Waals surface area contributed by atoms with Gasteiger partial charge < -0.3 is 14.7 Å². The number of hydrogen-bond acceptors (Lipinski definition) is 8. The fourth-order valence-electron chi connectivity index (χ4n) is 3.10. The van der Waals surface area contributed by atoms with Crippen molar-refractivity contribution in [3.63, 3.8) is 0 Å². The molecular formula is C19H20N6O4S. The van der Waals surface area contributed by atoms with Crippen LogP contribution < -0.4 is 5.32 Å². The molecule has 1 unspecified atom stereocenters. The van der Waals surface area contributed by atoms with Crippen LogP contribution in [0.2, 0.25) is 0 Å². The number of nitrogens with zero attached hydrogens (tertiary/aromatic N) is 5. The molecule has 1 N–H and O–H groups in total. The Kier molecular flexibility index (Phi) is 5.20. The molecule has 0 aliphatic carbocycles. The number of hydrogen-bond donors (Lipinski definition) is 1. The summed E-state index contributed by atoms with van der Waals surface area (Å²) in [6.45, 7) is 4.06. The molecule has 1 atom stereocenters. The van der Waals surface area contributed by atoms with Crippen LogP contribution in [0.1, 0.15) is 25.8 Å². The van der Waals surface area contributed by atoms with Crippen LogP contribution in [-0.4, -0.2) is 52.5 Å². The monoisotopic (exact) mass is 428 g/mol. The molecule has 0 aromatic carbocycles. The first kappa shape index (κ1) is 20.0. The number of sulfonamides is 1. The van der Waals surface area contributed by atoms with E-state index in [1.807, 2.05) is 13.8 Å². The van der Waals surface area contributed by atoms with Gasteiger partial charge in [-0.05, 0) is 30.2 Å². The fraction of sp³-hybridized carbons (Fsp3) is 0.316. The van der Waals surface area contributed by atoms with E-state index in [4.69, 9.17) is 4.52 Å². The average molecular weight is 428 g/mol. The number of carbonyl (C=O) groups excluding carboxylic acids is 1. The first-order valence-corrected chi connectivity index (χ1v) is 11.0. The van der Waals surface area contributed by atoms with E-state index in [1.165, 1.54) is 6.08 Å². The summed E-state index contributed by atoms with van der Waals surface area (Å²) in [5, 5.41) is 6.85. The lowest BCUT2D eigenvalue weighted by atomic mass is 10.0. The lowest BCUT2D eigenvalue weighted by Gasteiger charge is -2.29. The maximum Gasteiger partial charge on any atom is 0.256 e. The summed E-state index contributed by atoms with van der Waals surface area (Å²) in [6.07, 6.45) is 8.18. The van der Waals surface area contributed by atoms with Gasteiger partial charge >= 0.3 is 0 Å². The molecule has 0 radical (unpaired) electrons. The summed E-state index contributed by atoms with van der Waals surface area (Å²) in [6, 6.07) is 3.00. The minimum atomic E-state index is -3.60. The van der Waals surface area contributed by atoms with E-state index < -0.39 is 22.0 Å². The Morgan fingerprint density at radius 3 is 2.90 bits per heavy atom. The predicted molar refractivity (Wildman–Crippen MR) is 108 cm³/mol. The van der Waals surface area contributed by atoms with Crippen molar-refractivity contribution in [1.29, 1.82) is 0 Å². The highest BCUT2D eigenvalue weighted by atomic mass is 32.2. The van der Waals surface area contributed by atoms with Crippen LogP contribution >= 0.6 is 0 Å². The van der Waals surface area contributed by atoms with Crippen molar-refractivity contribution in [1.82, 2.24) is 25.3 Å². The van der Waals surface area contributed by atoms with Crippen molar-refractivity contribution >= 4 is 21.8 Å². The zero-order valence-corrected chi connectivity index (χ0v) is 17.2. The summed E-state index contributed by atoms with van der Waals surface area (Å²) in [5.41, 5.74) is 0.859. The van der Waals surface area contributed by atoms with Crippen LogP contribution in [0.15, 0.2) is 57.4 Å². The molecule has 11 heteroatoms. The maximum absolute atomic E-state index is 13.0. The molecule has 1 amide bonds. The van der Waals surface area contributed by atoms with Crippen molar-refractivity contribution in [2.75, 3.05) is 12.3 Å². The van der Waals surface area contributed by atoms with Crippen molar-refractivity contribution in [2.45, 2.75) is 19.9 Å². The number of carbonyl (C=O) groups is 1. The highest BCUT2D eigenvalue weighted by Crippen LogP contribution is 2.25. The second-order valence-electron chi connectivity index (χ2n) is 7.21. The molecule has 30 heavy (non-hydrogen) atoms. The molecule has 0 bridgehead atoms. The number of rotatable bonds is 5. The van der Waals surface area contributed by atoms with E-state index in [1.54, 1.807) is 41.7 Å². The average Bonchev–Trinajstić information content (AvgIpc) is 3.21. The molecular weight excluding hydrogens is 408 g/mol. The van der Waals surface area contributed by atoms with Crippen LogP contribution in [0.25, 0.3) is 11.4 Å². The molecule has 0 fully saturated rings. The Balaban J connectivity index is 1.59. The molecule has 0 spiro atoms. The summed E-state index contributed by atoms with van der Waals surface area (Å²) in [7, 11) is -3.60. The number of fused-ring (bicyclic) bond motifs is 1. The SMILES string of the molecule is CC(C)C(NC(=O)C1=CC=CN2CCS(=O)(=O)N=C12)c1nc(-c2cccnc2)no1.